The third-order valence-electron chi connectivity index (χ3n) is 2.12. The summed E-state index contributed by atoms with van der Waals surface area (Å²) in [6.45, 7) is -1.24. The Labute approximate surface area is 86.4 Å². The topological polar surface area (TPSA) is 0 Å². The van der Waals surface area contributed by atoms with E-state index in [9.17, 15) is 48.3 Å². The van der Waals surface area contributed by atoms with Gasteiger partial charge in [-0.3, -0.25) is 0 Å². The van der Waals surface area contributed by atoms with E-state index in [0.29, 0.717) is 0 Å². The van der Waals surface area contributed by atoms with Crippen LogP contribution in [-0.4, -0.2) is 24.5 Å². The van der Waals surface area contributed by atoms with Gasteiger partial charge in [-0.05, 0) is 6.92 Å². The first-order valence-corrected chi connectivity index (χ1v) is 3.58. The van der Waals surface area contributed by atoms with Gasteiger partial charge in [0.1, 0.15) is 0 Å². The van der Waals surface area contributed by atoms with Crippen LogP contribution >= 0.6 is 0 Å². The van der Waals surface area contributed by atoms with Gasteiger partial charge in [-0.25, -0.2) is 0 Å². The summed E-state index contributed by atoms with van der Waals surface area (Å²) in [4.78, 5) is 0. The molecule has 0 atom stereocenters. The molecule has 0 nitrogen and oxygen atoms in total. The van der Waals surface area contributed by atoms with Gasteiger partial charge in [0.25, 0.3) is 0 Å². The second-order valence-corrected chi connectivity index (χ2v) is 3.19. The lowest BCUT2D eigenvalue weighted by molar-refractivity contribution is -0.442. The highest BCUT2D eigenvalue weighted by molar-refractivity contribution is 5.03. The maximum atomic E-state index is 12.4. The summed E-state index contributed by atoms with van der Waals surface area (Å²) < 4.78 is 131. The van der Waals surface area contributed by atoms with Crippen molar-refractivity contribution >= 4 is 0 Å². The quantitative estimate of drug-likeness (QED) is 0.629. The predicted molar refractivity (Wildman–Crippen MR) is 31.2 cm³/mol. The molecule has 0 aromatic rings. The fourth-order valence-corrected chi connectivity index (χ4v) is 0.800. The van der Waals surface area contributed by atoms with E-state index in [-0.39, 0.29) is 0 Å². The van der Waals surface area contributed by atoms with Crippen LogP contribution in [-0.2, 0) is 0 Å². The minimum atomic E-state index is -6.99. The lowest BCUT2D eigenvalue weighted by atomic mass is 9.81. The van der Waals surface area contributed by atoms with Crippen molar-refractivity contribution in [3.05, 3.63) is 0 Å². The molecule has 0 saturated heterocycles. The molecule has 0 bridgehead atoms. The minimum Gasteiger partial charge on any atom is -0.195 e. The Morgan fingerprint density at radius 1 is 0.471 bits per heavy atom. The Morgan fingerprint density at radius 3 is 0.765 bits per heavy atom. The number of halogens is 11. The zero-order chi connectivity index (χ0) is 14.5. The van der Waals surface area contributed by atoms with Crippen molar-refractivity contribution in [2.45, 2.75) is 31.4 Å². The van der Waals surface area contributed by atoms with Gasteiger partial charge in [-0.2, -0.15) is 48.3 Å². The van der Waals surface area contributed by atoms with Gasteiger partial charge in [-0.15, -0.1) is 0 Å². The number of rotatable bonds is 1. The molecule has 0 rings (SSSR count). The highest BCUT2D eigenvalue weighted by atomic mass is 19.4. The normalized spacial score (nSPS) is 16.2. The summed E-state index contributed by atoms with van der Waals surface area (Å²) in [5.41, 5.74) is -6.20. The average molecular weight is 284 g/mol. The van der Waals surface area contributed by atoms with E-state index in [1.165, 1.54) is 0 Å². The van der Waals surface area contributed by atoms with E-state index in [4.69, 9.17) is 0 Å². The lowest BCUT2D eigenvalue weighted by Gasteiger charge is -2.40. The molecule has 0 N–H and O–H groups in total. The molecule has 0 spiro atoms. The lowest BCUT2D eigenvalue weighted by Crippen LogP contribution is -2.64. The summed E-state index contributed by atoms with van der Waals surface area (Å²) in [6.07, 6.45) is -20.6. The molecular weight excluding hydrogens is 281 g/mol. The van der Waals surface area contributed by atoms with Crippen LogP contribution in [0, 0.1) is 5.41 Å². The molecule has 104 valence electrons. The smallest absolute Gasteiger partial charge is 0.195 e. The van der Waals surface area contributed by atoms with Crippen molar-refractivity contribution in [2.75, 3.05) is 0 Å². The van der Waals surface area contributed by atoms with E-state index >= 15 is 0 Å². The Bertz CT molecular complexity index is 262. The molecule has 17 heavy (non-hydrogen) atoms. The molecule has 0 radical (unpaired) electrons. The molecule has 0 unspecified atom stereocenters. The summed E-state index contributed by atoms with van der Waals surface area (Å²) in [6, 6.07) is 0. The Balaban J connectivity index is 6.04. The molecular formula is C6H3F11. The maximum absolute atomic E-state index is 12.4. The van der Waals surface area contributed by atoms with Crippen molar-refractivity contribution in [3.8, 4) is 0 Å². The molecule has 0 heterocycles. The van der Waals surface area contributed by atoms with Crippen LogP contribution in [0.2, 0.25) is 0 Å². The standard InChI is InChI=1S/C6H3F11/c1-2(4(9,10)11,5(12,13)14)3(7,8)6(15,16)17/h1H3. The van der Waals surface area contributed by atoms with Crippen LogP contribution in [0.1, 0.15) is 6.92 Å². The zero-order valence-electron chi connectivity index (χ0n) is 7.66. The van der Waals surface area contributed by atoms with Gasteiger partial charge < -0.3 is 0 Å². The number of alkyl halides is 11. The second-order valence-electron chi connectivity index (χ2n) is 3.19. The van der Waals surface area contributed by atoms with Crippen molar-refractivity contribution in [3.63, 3.8) is 0 Å². The molecule has 0 saturated carbocycles. The number of hydrogen-bond donors (Lipinski definition) is 0. The Hall–Kier alpha value is -0.770. The average Bonchev–Trinajstić information content (AvgIpc) is 1.95. The van der Waals surface area contributed by atoms with Crippen LogP contribution in [0.4, 0.5) is 48.3 Å². The fraction of sp³-hybridized carbons (Fsp3) is 1.00. The first kappa shape index (κ1) is 16.2. The highest BCUT2D eigenvalue weighted by Crippen LogP contribution is 2.62. The maximum Gasteiger partial charge on any atom is 0.454 e. The third kappa shape index (κ3) is 2.15. The van der Waals surface area contributed by atoms with Crippen LogP contribution in [0.25, 0.3) is 0 Å². The van der Waals surface area contributed by atoms with Gasteiger partial charge in [0.2, 0.25) is 5.41 Å². The molecule has 0 aliphatic carbocycles. The Morgan fingerprint density at radius 2 is 0.706 bits per heavy atom. The Kier molecular flexibility index (Phi) is 3.45. The summed E-state index contributed by atoms with van der Waals surface area (Å²) in [5, 5.41) is 0. The number of hydrogen-bond acceptors (Lipinski definition) is 0. The molecule has 0 aliphatic rings. The summed E-state index contributed by atoms with van der Waals surface area (Å²) >= 11 is 0. The van der Waals surface area contributed by atoms with Gasteiger partial charge >= 0.3 is 24.5 Å². The van der Waals surface area contributed by atoms with Gasteiger partial charge in [0.05, 0.1) is 0 Å². The molecule has 0 amide bonds. The molecule has 0 aromatic heterocycles. The second kappa shape index (κ2) is 3.61. The first-order chi connectivity index (χ1) is 7.00. The molecule has 0 aromatic carbocycles. The summed E-state index contributed by atoms with van der Waals surface area (Å²) in [7, 11) is 0. The van der Waals surface area contributed by atoms with Crippen LogP contribution < -0.4 is 0 Å². The van der Waals surface area contributed by atoms with Crippen molar-refractivity contribution < 1.29 is 48.3 Å². The van der Waals surface area contributed by atoms with Crippen LogP contribution in [0.15, 0.2) is 0 Å². The van der Waals surface area contributed by atoms with Gasteiger partial charge in [0.15, 0.2) is 0 Å². The van der Waals surface area contributed by atoms with Crippen molar-refractivity contribution in [1.29, 1.82) is 0 Å². The minimum absolute atomic E-state index is 1.24. The SMILES string of the molecule is CC(C(F)(F)F)(C(F)(F)F)C(F)(F)C(F)(F)F. The van der Waals surface area contributed by atoms with E-state index in [1.54, 1.807) is 0 Å². The first-order valence-electron chi connectivity index (χ1n) is 3.58. The van der Waals surface area contributed by atoms with Crippen LogP contribution in [0.5, 0.6) is 0 Å². The largest absolute Gasteiger partial charge is 0.454 e. The molecule has 0 aliphatic heterocycles. The fourth-order valence-electron chi connectivity index (χ4n) is 0.800. The predicted octanol–water partition coefficient (Wildman–Crippen LogP) is 4.31. The molecule has 0 fully saturated rings. The third-order valence-corrected chi connectivity index (χ3v) is 2.12. The van der Waals surface area contributed by atoms with E-state index in [2.05, 4.69) is 0 Å². The highest BCUT2D eigenvalue weighted by Gasteiger charge is 2.86. The zero-order valence-corrected chi connectivity index (χ0v) is 7.66. The van der Waals surface area contributed by atoms with Crippen LogP contribution in [0.3, 0.4) is 0 Å². The van der Waals surface area contributed by atoms with Crippen molar-refractivity contribution in [1.82, 2.24) is 0 Å². The summed E-state index contributed by atoms with van der Waals surface area (Å²) in [5.74, 6) is -6.99. The monoisotopic (exact) mass is 284 g/mol. The van der Waals surface area contributed by atoms with E-state index < -0.39 is 36.8 Å². The van der Waals surface area contributed by atoms with Crippen molar-refractivity contribution in [2.24, 2.45) is 5.41 Å². The van der Waals surface area contributed by atoms with Gasteiger partial charge in [-0.1, -0.05) is 0 Å². The van der Waals surface area contributed by atoms with E-state index in [1.807, 2.05) is 0 Å². The van der Waals surface area contributed by atoms with E-state index in [0.717, 1.165) is 0 Å². The molecule has 11 heteroatoms. The van der Waals surface area contributed by atoms with Gasteiger partial charge in [0, 0.05) is 0 Å².